The molecule has 0 spiro atoms. The molecule has 1 saturated carbocycles. The summed E-state index contributed by atoms with van der Waals surface area (Å²) in [6.45, 7) is 2.68. The van der Waals surface area contributed by atoms with Crippen LogP contribution in [0.5, 0.6) is 0 Å². The van der Waals surface area contributed by atoms with Gasteiger partial charge in [-0.05, 0) is 25.0 Å². The van der Waals surface area contributed by atoms with Crippen LogP contribution in [0.15, 0.2) is 18.3 Å². The van der Waals surface area contributed by atoms with E-state index in [0.717, 1.165) is 31.6 Å². The van der Waals surface area contributed by atoms with Crippen molar-refractivity contribution in [3.05, 3.63) is 24.0 Å². The molecular formula is C15H25N3O2. The van der Waals surface area contributed by atoms with Crippen LogP contribution in [-0.4, -0.2) is 36.8 Å². The third kappa shape index (κ3) is 4.65. The molecule has 0 aromatic carbocycles. The molecule has 0 atom stereocenters. The van der Waals surface area contributed by atoms with E-state index in [2.05, 4.69) is 10.6 Å². The number of amides is 1. The number of hydrogen-bond acceptors (Lipinski definition) is 3. The molecule has 1 amide bonds. The summed E-state index contributed by atoms with van der Waals surface area (Å²) in [5, 5.41) is 6.42. The molecule has 2 rings (SSSR count). The van der Waals surface area contributed by atoms with Gasteiger partial charge in [0.15, 0.2) is 0 Å². The number of hydrogen-bond donors (Lipinski definition) is 2. The molecule has 1 aliphatic rings. The Morgan fingerprint density at radius 1 is 1.45 bits per heavy atom. The lowest BCUT2D eigenvalue weighted by atomic mass is 10.2. The fourth-order valence-electron chi connectivity index (χ4n) is 2.65. The molecule has 112 valence electrons. The van der Waals surface area contributed by atoms with Crippen molar-refractivity contribution in [2.24, 2.45) is 0 Å². The van der Waals surface area contributed by atoms with Crippen molar-refractivity contribution in [1.29, 1.82) is 0 Å². The summed E-state index contributed by atoms with van der Waals surface area (Å²) in [7, 11) is 1.69. The van der Waals surface area contributed by atoms with Crippen molar-refractivity contribution >= 4 is 5.91 Å². The highest BCUT2D eigenvalue weighted by molar-refractivity contribution is 5.76. The van der Waals surface area contributed by atoms with Crippen LogP contribution >= 0.6 is 0 Å². The summed E-state index contributed by atoms with van der Waals surface area (Å²) < 4.78 is 7.00. The summed E-state index contributed by atoms with van der Waals surface area (Å²) in [6, 6.07) is 4.42. The molecular weight excluding hydrogens is 254 g/mol. The SMILES string of the molecule is COCCNCc1cccn1CC(=O)NC1CCCC1. The van der Waals surface area contributed by atoms with Crippen LogP contribution in [0.3, 0.4) is 0 Å². The lowest BCUT2D eigenvalue weighted by Crippen LogP contribution is -2.35. The molecule has 1 fully saturated rings. The average molecular weight is 279 g/mol. The Bertz CT molecular complexity index is 411. The Hall–Kier alpha value is -1.33. The molecule has 0 saturated heterocycles. The molecule has 1 aromatic heterocycles. The van der Waals surface area contributed by atoms with Gasteiger partial charge in [-0.25, -0.2) is 0 Å². The molecule has 1 aromatic rings. The van der Waals surface area contributed by atoms with Gasteiger partial charge in [-0.3, -0.25) is 4.79 Å². The maximum atomic E-state index is 12.0. The highest BCUT2D eigenvalue weighted by atomic mass is 16.5. The van der Waals surface area contributed by atoms with Gasteiger partial charge in [-0.2, -0.15) is 0 Å². The Morgan fingerprint density at radius 3 is 3.00 bits per heavy atom. The maximum Gasteiger partial charge on any atom is 0.240 e. The number of carbonyl (C=O) groups is 1. The minimum Gasteiger partial charge on any atom is -0.383 e. The van der Waals surface area contributed by atoms with Crippen molar-refractivity contribution < 1.29 is 9.53 Å². The van der Waals surface area contributed by atoms with Gasteiger partial charge in [0.05, 0.1) is 6.61 Å². The van der Waals surface area contributed by atoms with Gasteiger partial charge in [-0.1, -0.05) is 12.8 Å². The quantitative estimate of drug-likeness (QED) is 0.705. The number of carbonyl (C=O) groups excluding carboxylic acids is 1. The standard InChI is InChI=1S/C15H25N3O2/c1-20-10-8-16-11-14-7-4-9-18(14)12-15(19)17-13-5-2-3-6-13/h4,7,9,13,16H,2-3,5-6,8,10-12H2,1H3,(H,17,19). The molecule has 2 N–H and O–H groups in total. The second-order valence-electron chi connectivity index (χ2n) is 5.35. The van der Waals surface area contributed by atoms with Crippen molar-refractivity contribution in [2.45, 2.75) is 44.8 Å². The normalized spacial score (nSPS) is 15.7. The topological polar surface area (TPSA) is 55.3 Å². The summed E-state index contributed by atoms with van der Waals surface area (Å²) in [4.78, 5) is 12.0. The van der Waals surface area contributed by atoms with Crippen LogP contribution in [0.4, 0.5) is 0 Å². The first-order chi connectivity index (χ1) is 9.79. The van der Waals surface area contributed by atoms with Crippen LogP contribution in [0.25, 0.3) is 0 Å². The molecule has 5 heteroatoms. The highest BCUT2D eigenvalue weighted by Crippen LogP contribution is 2.17. The second-order valence-corrected chi connectivity index (χ2v) is 5.35. The Kier molecular flexibility index (Phi) is 6.08. The lowest BCUT2D eigenvalue weighted by molar-refractivity contribution is -0.122. The van der Waals surface area contributed by atoms with Gasteiger partial charge in [0, 0.05) is 38.1 Å². The van der Waals surface area contributed by atoms with E-state index in [0.29, 0.717) is 19.2 Å². The number of nitrogens with zero attached hydrogens (tertiary/aromatic N) is 1. The molecule has 0 unspecified atom stereocenters. The van der Waals surface area contributed by atoms with E-state index in [1.54, 1.807) is 7.11 Å². The largest absolute Gasteiger partial charge is 0.383 e. The zero-order valence-electron chi connectivity index (χ0n) is 12.2. The minimum absolute atomic E-state index is 0.117. The molecule has 1 heterocycles. The molecule has 20 heavy (non-hydrogen) atoms. The van der Waals surface area contributed by atoms with E-state index < -0.39 is 0 Å². The van der Waals surface area contributed by atoms with Gasteiger partial charge in [0.25, 0.3) is 0 Å². The fraction of sp³-hybridized carbons (Fsp3) is 0.667. The maximum absolute atomic E-state index is 12.0. The van der Waals surface area contributed by atoms with Gasteiger partial charge in [-0.15, -0.1) is 0 Å². The Labute approximate surface area is 120 Å². The average Bonchev–Trinajstić information content (AvgIpc) is 3.07. The summed E-state index contributed by atoms with van der Waals surface area (Å²) in [5.74, 6) is 0.117. The van der Waals surface area contributed by atoms with E-state index in [-0.39, 0.29) is 5.91 Å². The highest BCUT2D eigenvalue weighted by Gasteiger charge is 2.17. The van der Waals surface area contributed by atoms with Gasteiger partial charge < -0.3 is 19.9 Å². The van der Waals surface area contributed by atoms with Crippen LogP contribution in [-0.2, 0) is 22.6 Å². The van der Waals surface area contributed by atoms with E-state index >= 15 is 0 Å². The zero-order chi connectivity index (χ0) is 14.2. The third-order valence-corrected chi connectivity index (χ3v) is 3.75. The van der Waals surface area contributed by atoms with Crippen molar-refractivity contribution in [1.82, 2.24) is 15.2 Å². The Morgan fingerprint density at radius 2 is 2.25 bits per heavy atom. The second kappa shape index (κ2) is 8.07. The first-order valence-corrected chi connectivity index (χ1v) is 7.42. The number of rotatable bonds is 8. The fourth-order valence-corrected chi connectivity index (χ4v) is 2.65. The first-order valence-electron chi connectivity index (χ1n) is 7.42. The first kappa shape index (κ1) is 15.1. The monoisotopic (exact) mass is 279 g/mol. The van der Waals surface area contributed by atoms with Crippen molar-refractivity contribution in [3.8, 4) is 0 Å². The molecule has 0 radical (unpaired) electrons. The number of methoxy groups -OCH3 is 1. The van der Waals surface area contributed by atoms with Crippen LogP contribution in [0.1, 0.15) is 31.4 Å². The van der Waals surface area contributed by atoms with Crippen LogP contribution in [0, 0.1) is 0 Å². The lowest BCUT2D eigenvalue weighted by Gasteiger charge is -2.14. The molecule has 1 aliphatic carbocycles. The van der Waals surface area contributed by atoms with E-state index in [9.17, 15) is 4.79 Å². The predicted molar refractivity (Wildman–Crippen MR) is 78.4 cm³/mol. The van der Waals surface area contributed by atoms with Crippen LogP contribution < -0.4 is 10.6 Å². The molecule has 5 nitrogen and oxygen atoms in total. The summed E-state index contributed by atoms with van der Waals surface area (Å²) in [6.07, 6.45) is 6.69. The molecule has 0 bridgehead atoms. The van der Waals surface area contributed by atoms with Gasteiger partial charge in [0.2, 0.25) is 5.91 Å². The van der Waals surface area contributed by atoms with Gasteiger partial charge in [0.1, 0.15) is 6.54 Å². The van der Waals surface area contributed by atoms with Crippen molar-refractivity contribution in [2.75, 3.05) is 20.3 Å². The number of nitrogens with one attached hydrogen (secondary N) is 2. The predicted octanol–water partition coefficient (Wildman–Crippen LogP) is 1.28. The summed E-state index contributed by atoms with van der Waals surface area (Å²) >= 11 is 0. The molecule has 0 aliphatic heterocycles. The van der Waals surface area contributed by atoms with Gasteiger partial charge >= 0.3 is 0 Å². The smallest absolute Gasteiger partial charge is 0.240 e. The third-order valence-electron chi connectivity index (χ3n) is 3.75. The zero-order valence-corrected chi connectivity index (χ0v) is 12.2. The number of aromatic nitrogens is 1. The van der Waals surface area contributed by atoms with E-state index in [4.69, 9.17) is 4.74 Å². The Balaban J connectivity index is 1.76. The van der Waals surface area contributed by atoms with E-state index in [1.165, 1.54) is 12.8 Å². The minimum atomic E-state index is 0.117. The number of ether oxygens (including phenoxy) is 1. The van der Waals surface area contributed by atoms with Crippen molar-refractivity contribution in [3.63, 3.8) is 0 Å². The van der Waals surface area contributed by atoms with E-state index in [1.807, 2.05) is 22.9 Å². The summed E-state index contributed by atoms with van der Waals surface area (Å²) in [5.41, 5.74) is 1.13. The van der Waals surface area contributed by atoms with Crippen LogP contribution in [0.2, 0.25) is 0 Å².